The number of nitrogens with one attached hydrogen (secondary N) is 1. The molecule has 0 saturated carbocycles. The first-order chi connectivity index (χ1) is 9.49. The molecule has 0 spiro atoms. The number of aromatic nitrogens is 1. The summed E-state index contributed by atoms with van der Waals surface area (Å²) >= 11 is 5.82. The minimum Gasteiger partial charge on any atom is -0.508 e. The van der Waals surface area contributed by atoms with Gasteiger partial charge in [0.25, 0.3) is 5.91 Å². The summed E-state index contributed by atoms with van der Waals surface area (Å²) in [5, 5.41) is 12.3. The van der Waals surface area contributed by atoms with Crippen molar-refractivity contribution >= 4 is 23.2 Å². The molecule has 0 aliphatic carbocycles. The minimum absolute atomic E-state index is 0.147. The molecule has 1 amide bonds. The molecular formula is C14H13ClN2O3. The molecule has 2 aromatic rings. The minimum atomic E-state index is -0.332. The van der Waals surface area contributed by atoms with Gasteiger partial charge in [0.2, 0.25) is 5.88 Å². The fourth-order valence-corrected chi connectivity index (χ4v) is 1.89. The average Bonchev–Trinajstić information content (AvgIpc) is 2.41. The number of aryl methyl sites for hydroxylation is 1. The van der Waals surface area contributed by atoms with Crippen LogP contribution in [0, 0.1) is 6.92 Å². The van der Waals surface area contributed by atoms with Crippen LogP contribution in [0.15, 0.2) is 30.3 Å². The maximum Gasteiger partial charge on any atom is 0.255 e. The van der Waals surface area contributed by atoms with Crippen LogP contribution < -0.4 is 10.1 Å². The van der Waals surface area contributed by atoms with Crippen molar-refractivity contribution in [1.82, 2.24) is 4.98 Å². The Balaban J connectivity index is 2.26. The number of nitrogens with zero attached hydrogens (tertiary/aromatic N) is 1. The van der Waals surface area contributed by atoms with Gasteiger partial charge in [-0.3, -0.25) is 4.79 Å². The van der Waals surface area contributed by atoms with Crippen LogP contribution in [0.25, 0.3) is 0 Å². The SMILES string of the molecule is COc1cc(C(=O)Nc2ccc(O)cc2C)cc(Cl)n1. The molecule has 1 aromatic heterocycles. The number of aromatic hydroxyl groups is 1. The molecule has 104 valence electrons. The summed E-state index contributed by atoms with van der Waals surface area (Å²) in [7, 11) is 1.45. The number of rotatable bonds is 3. The second-order valence-electron chi connectivity index (χ2n) is 4.17. The van der Waals surface area contributed by atoms with Gasteiger partial charge in [0.15, 0.2) is 0 Å². The highest BCUT2D eigenvalue weighted by molar-refractivity contribution is 6.30. The second-order valence-corrected chi connectivity index (χ2v) is 4.56. The predicted molar refractivity (Wildman–Crippen MR) is 76.6 cm³/mol. The lowest BCUT2D eigenvalue weighted by Crippen LogP contribution is -2.13. The van der Waals surface area contributed by atoms with Crippen molar-refractivity contribution in [1.29, 1.82) is 0 Å². The Bertz CT molecular complexity index is 659. The van der Waals surface area contributed by atoms with E-state index in [4.69, 9.17) is 16.3 Å². The molecule has 2 rings (SSSR count). The third kappa shape index (κ3) is 3.19. The van der Waals surface area contributed by atoms with E-state index < -0.39 is 0 Å². The first-order valence-corrected chi connectivity index (χ1v) is 6.20. The molecule has 0 aliphatic heterocycles. The van der Waals surface area contributed by atoms with Crippen LogP contribution >= 0.6 is 11.6 Å². The maximum absolute atomic E-state index is 12.2. The number of benzene rings is 1. The van der Waals surface area contributed by atoms with E-state index in [1.807, 2.05) is 0 Å². The Morgan fingerprint density at radius 2 is 2.10 bits per heavy atom. The number of pyridine rings is 1. The molecule has 0 unspecified atom stereocenters. The molecule has 20 heavy (non-hydrogen) atoms. The summed E-state index contributed by atoms with van der Waals surface area (Å²) in [4.78, 5) is 16.1. The Hall–Kier alpha value is -2.27. The van der Waals surface area contributed by atoms with E-state index in [2.05, 4.69) is 10.3 Å². The number of anilines is 1. The molecule has 1 aromatic carbocycles. The highest BCUT2D eigenvalue weighted by atomic mass is 35.5. The van der Waals surface area contributed by atoms with Crippen molar-refractivity contribution < 1.29 is 14.6 Å². The van der Waals surface area contributed by atoms with Gasteiger partial charge in [0, 0.05) is 17.3 Å². The summed E-state index contributed by atoms with van der Waals surface area (Å²) in [6.45, 7) is 1.79. The lowest BCUT2D eigenvalue weighted by Gasteiger charge is -2.09. The number of hydrogen-bond acceptors (Lipinski definition) is 4. The normalized spacial score (nSPS) is 10.2. The van der Waals surface area contributed by atoms with Gasteiger partial charge >= 0.3 is 0 Å². The summed E-state index contributed by atoms with van der Waals surface area (Å²) in [6, 6.07) is 7.65. The quantitative estimate of drug-likeness (QED) is 0.674. The first kappa shape index (κ1) is 14.1. The van der Waals surface area contributed by atoms with Crippen LogP contribution in [-0.2, 0) is 0 Å². The molecule has 0 radical (unpaired) electrons. The Morgan fingerprint density at radius 3 is 2.75 bits per heavy atom. The van der Waals surface area contributed by atoms with Crippen LogP contribution in [0.3, 0.4) is 0 Å². The third-order valence-corrected chi connectivity index (χ3v) is 2.89. The second kappa shape index (κ2) is 5.79. The number of phenolic OH excluding ortho intramolecular Hbond substituents is 1. The summed E-state index contributed by atoms with van der Waals surface area (Å²) < 4.78 is 4.97. The van der Waals surface area contributed by atoms with Crippen molar-refractivity contribution in [3.05, 3.63) is 46.6 Å². The van der Waals surface area contributed by atoms with Crippen molar-refractivity contribution in [3.8, 4) is 11.6 Å². The zero-order valence-corrected chi connectivity index (χ0v) is 11.7. The predicted octanol–water partition coefficient (Wildman–Crippen LogP) is 3.01. The van der Waals surface area contributed by atoms with Gasteiger partial charge in [-0.2, -0.15) is 0 Å². The molecule has 5 nitrogen and oxygen atoms in total. The molecule has 0 bridgehead atoms. The number of hydrogen-bond donors (Lipinski definition) is 2. The van der Waals surface area contributed by atoms with Crippen LogP contribution in [0.1, 0.15) is 15.9 Å². The molecule has 2 N–H and O–H groups in total. The Labute approximate surface area is 121 Å². The zero-order chi connectivity index (χ0) is 14.7. The number of halogens is 1. The summed E-state index contributed by atoms with van der Waals surface area (Å²) in [5.74, 6) is 0.0839. The molecule has 0 aliphatic rings. The summed E-state index contributed by atoms with van der Waals surface area (Å²) in [5.41, 5.74) is 1.71. The van der Waals surface area contributed by atoms with E-state index in [1.54, 1.807) is 19.1 Å². The van der Waals surface area contributed by atoms with Crippen molar-refractivity contribution in [2.75, 3.05) is 12.4 Å². The maximum atomic E-state index is 12.2. The van der Waals surface area contributed by atoms with E-state index in [0.29, 0.717) is 11.3 Å². The number of methoxy groups -OCH3 is 1. The largest absolute Gasteiger partial charge is 0.508 e. The standard InChI is InChI=1S/C14H13ClN2O3/c1-8-5-10(18)3-4-11(8)16-14(19)9-6-12(15)17-13(7-9)20-2/h3-7,18H,1-2H3,(H,16,19). The van der Waals surface area contributed by atoms with Crippen LogP contribution in [0.5, 0.6) is 11.6 Å². The fourth-order valence-electron chi connectivity index (χ4n) is 1.69. The van der Waals surface area contributed by atoms with Crippen molar-refractivity contribution in [3.63, 3.8) is 0 Å². The summed E-state index contributed by atoms with van der Waals surface area (Å²) in [6.07, 6.45) is 0. The Morgan fingerprint density at radius 1 is 1.35 bits per heavy atom. The Kier molecular flexibility index (Phi) is 4.10. The third-order valence-electron chi connectivity index (χ3n) is 2.70. The van der Waals surface area contributed by atoms with E-state index in [0.717, 1.165) is 5.56 Å². The van der Waals surface area contributed by atoms with E-state index in [9.17, 15) is 9.90 Å². The van der Waals surface area contributed by atoms with Gasteiger partial charge in [-0.15, -0.1) is 0 Å². The molecule has 0 saturated heterocycles. The van der Waals surface area contributed by atoms with E-state index in [-0.39, 0.29) is 22.7 Å². The monoisotopic (exact) mass is 292 g/mol. The molecule has 6 heteroatoms. The smallest absolute Gasteiger partial charge is 0.255 e. The highest BCUT2D eigenvalue weighted by Crippen LogP contribution is 2.22. The van der Waals surface area contributed by atoms with Crippen LogP contribution in [0.4, 0.5) is 5.69 Å². The first-order valence-electron chi connectivity index (χ1n) is 5.82. The number of phenols is 1. The van der Waals surface area contributed by atoms with Gasteiger partial charge in [-0.1, -0.05) is 11.6 Å². The van der Waals surface area contributed by atoms with E-state index >= 15 is 0 Å². The van der Waals surface area contributed by atoms with Gasteiger partial charge in [-0.05, 0) is 36.8 Å². The fraction of sp³-hybridized carbons (Fsp3) is 0.143. The van der Waals surface area contributed by atoms with Gasteiger partial charge in [-0.25, -0.2) is 4.98 Å². The topological polar surface area (TPSA) is 71.5 Å². The van der Waals surface area contributed by atoms with Crippen molar-refractivity contribution in [2.24, 2.45) is 0 Å². The number of ether oxygens (including phenoxy) is 1. The lowest BCUT2D eigenvalue weighted by molar-refractivity contribution is 0.102. The van der Waals surface area contributed by atoms with Crippen molar-refractivity contribution in [2.45, 2.75) is 6.92 Å². The van der Waals surface area contributed by atoms with Crippen LogP contribution in [-0.4, -0.2) is 23.1 Å². The van der Waals surface area contributed by atoms with E-state index in [1.165, 1.54) is 25.3 Å². The van der Waals surface area contributed by atoms with Gasteiger partial charge < -0.3 is 15.2 Å². The molecule has 1 heterocycles. The molecular weight excluding hydrogens is 280 g/mol. The molecule has 0 fully saturated rings. The van der Waals surface area contributed by atoms with Gasteiger partial charge in [0.1, 0.15) is 10.9 Å². The highest BCUT2D eigenvalue weighted by Gasteiger charge is 2.11. The molecule has 0 atom stereocenters. The number of amides is 1. The zero-order valence-electron chi connectivity index (χ0n) is 11.0. The number of carbonyl (C=O) groups excluding carboxylic acids is 1. The number of carbonyl (C=O) groups is 1. The van der Waals surface area contributed by atoms with Crippen LogP contribution in [0.2, 0.25) is 5.15 Å². The average molecular weight is 293 g/mol. The van der Waals surface area contributed by atoms with Gasteiger partial charge in [0.05, 0.1) is 7.11 Å². The lowest BCUT2D eigenvalue weighted by atomic mass is 10.1.